The number of benzene rings is 1. The Kier molecular flexibility index (Phi) is 6.65. The molecule has 0 spiro atoms. The van der Waals surface area contributed by atoms with Gasteiger partial charge in [-0.1, -0.05) is 6.92 Å². The molecule has 0 aliphatic heterocycles. The minimum absolute atomic E-state index is 0.105. The minimum Gasteiger partial charge on any atom is -0.494 e. The van der Waals surface area contributed by atoms with E-state index in [1.807, 2.05) is 26.8 Å². The summed E-state index contributed by atoms with van der Waals surface area (Å²) in [6.07, 6.45) is 0. The van der Waals surface area contributed by atoms with Crippen LogP contribution in [-0.4, -0.2) is 30.5 Å². The minimum atomic E-state index is 0.105. The second-order valence-electron chi connectivity index (χ2n) is 3.58. The first kappa shape index (κ1) is 14.9. The molecule has 0 fully saturated rings. The lowest BCUT2D eigenvalue weighted by molar-refractivity contribution is 0.101. The molecule has 100 valence electrons. The van der Waals surface area contributed by atoms with Gasteiger partial charge >= 0.3 is 0 Å². The van der Waals surface area contributed by atoms with Gasteiger partial charge in [0.05, 0.1) is 24.5 Å². The highest BCUT2D eigenvalue weighted by molar-refractivity contribution is 7.99. The van der Waals surface area contributed by atoms with E-state index in [4.69, 9.17) is 9.47 Å². The molecule has 1 rings (SSSR count). The van der Waals surface area contributed by atoms with Gasteiger partial charge in [-0.3, -0.25) is 4.79 Å². The van der Waals surface area contributed by atoms with Gasteiger partial charge in [-0.2, -0.15) is 11.8 Å². The summed E-state index contributed by atoms with van der Waals surface area (Å²) in [5, 5.41) is 0. The van der Waals surface area contributed by atoms with Gasteiger partial charge < -0.3 is 9.47 Å². The largest absolute Gasteiger partial charge is 0.494 e. The maximum atomic E-state index is 12.0. The van der Waals surface area contributed by atoms with E-state index in [0.29, 0.717) is 30.3 Å². The first-order valence-electron chi connectivity index (χ1n) is 6.23. The van der Waals surface area contributed by atoms with E-state index in [0.717, 1.165) is 11.5 Å². The summed E-state index contributed by atoms with van der Waals surface area (Å²) in [6, 6.07) is 5.39. The van der Waals surface area contributed by atoms with Crippen molar-refractivity contribution in [3.63, 3.8) is 0 Å². The summed E-state index contributed by atoms with van der Waals surface area (Å²) in [7, 11) is 0. The molecule has 0 bridgehead atoms. The Morgan fingerprint density at radius 2 is 1.89 bits per heavy atom. The number of carbonyl (C=O) groups is 1. The van der Waals surface area contributed by atoms with Crippen molar-refractivity contribution in [1.29, 1.82) is 0 Å². The predicted molar refractivity (Wildman–Crippen MR) is 76.1 cm³/mol. The number of ether oxygens (including phenoxy) is 2. The van der Waals surface area contributed by atoms with Crippen molar-refractivity contribution in [2.45, 2.75) is 20.8 Å². The molecule has 4 heteroatoms. The molecule has 1 aromatic carbocycles. The van der Waals surface area contributed by atoms with Gasteiger partial charge in [-0.25, -0.2) is 0 Å². The predicted octanol–water partition coefficient (Wildman–Crippen LogP) is 3.42. The van der Waals surface area contributed by atoms with Crippen molar-refractivity contribution in [1.82, 2.24) is 0 Å². The first-order valence-corrected chi connectivity index (χ1v) is 7.38. The molecule has 0 amide bonds. The second kappa shape index (κ2) is 8.03. The number of Topliss-reactive ketones (excluding diaryl/α,β-unsaturated/α-hetero) is 1. The lowest BCUT2D eigenvalue weighted by atomic mass is 10.1. The van der Waals surface area contributed by atoms with Gasteiger partial charge in [0.25, 0.3) is 0 Å². The quantitative estimate of drug-likeness (QED) is 0.677. The monoisotopic (exact) mass is 268 g/mol. The van der Waals surface area contributed by atoms with Crippen LogP contribution in [0.15, 0.2) is 18.2 Å². The van der Waals surface area contributed by atoms with E-state index in [-0.39, 0.29) is 5.78 Å². The molecular formula is C14H20O3S. The van der Waals surface area contributed by atoms with E-state index in [9.17, 15) is 4.79 Å². The number of hydrogen-bond donors (Lipinski definition) is 0. The third-order valence-electron chi connectivity index (χ3n) is 2.30. The van der Waals surface area contributed by atoms with Crippen LogP contribution in [0.1, 0.15) is 31.1 Å². The fourth-order valence-electron chi connectivity index (χ4n) is 1.54. The molecule has 0 saturated carbocycles. The van der Waals surface area contributed by atoms with Gasteiger partial charge in [0.1, 0.15) is 11.5 Å². The number of rotatable bonds is 8. The first-order chi connectivity index (χ1) is 8.72. The highest BCUT2D eigenvalue weighted by atomic mass is 32.2. The highest BCUT2D eigenvalue weighted by Crippen LogP contribution is 2.26. The Morgan fingerprint density at radius 1 is 1.17 bits per heavy atom. The fraction of sp³-hybridized carbons (Fsp3) is 0.500. The summed E-state index contributed by atoms with van der Waals surface area (Å²) in [5.74, 6) is 2.89. The summed E-state index contributed by atoms with van der Waals surface area (Å²) in [4.78, 5) is 12.0. The standard InChI is InChI=1S/C14H20O3S/c1-4-16-11-7-8-12(13(15)10-18-6-3)14(9-11)17-5-2/h7-9H,4-6,10H2,1-3H3. The van der Waals surface area contributed by atoms with Crippen molar-refractivity contribution in [3.8, 4) is 11.5 Å². The Morgan fingerprint density at radius 3 is 2.50 bits per heavy atom. The van der Waals surface area contributed by atoms with Crippen LogP contribution < -0.4 is 9.47 Å². The zero-order valence-corrected chi connectivity index (χ0v) is 12.0. The smallest absolute Gasteiger partial charge is 0.176 e. The third-order valence-corrected chi connectivity index (χ3v) is 3.18. The van der Waals surface area contributed by atoms with Crippen LogP contribution in [0.3, 0.4) is 0 Å². The topological polar surface area (TPSA) is 35.5 Å². The van der Waals surface area contributed by atoms with Crippen LogP contribution >= 0.6 is 11.8 Å². The average molecular weight is 268 g/mol. The zero-order chi connectivity index (χ0) is 13.4. The van der Waals surface area contributed by atoms with Crippen LogP contribution in [0.25, 0.3) is 0 Å². The lowest BCUT2D eigenvalue weighted by Crippen LogP contribution is -2.07. The van der Waals surface area contributed by atoms with E-state index >= 15 is 0 Å². The molecule has 0 aliphatic carbocycles. The van der Waals surface area contributed by atoms with Gasteiger partial charge in [-0.15, -0.1) is 0 Å². The third kappa shape index (κ3) is 4.26. The summed E-state index contributed by atoms with van der Waals surface area (Å²) < 4.78 is 10.9. The van der Waals surface area contributed by atoms with E-state index in [1.54, 1.807) is 23.9 Å². The number of thioether (sulfide) groups is 1. The average Bonchev–Trinajstić information content (AvgIpc) is 2.37. The normalized spacial score (nSPS) is 10.2. The summed E-state index contributed by atoms with van der Waals surface area (Å²) in [5.41, 5.74) is 0.640. The maximum Gasteiger partial charge on any atom is 0.176 e. The summed E-state index contributed by atoms with van der Waals surface area (Å²) in [6.45, 7) is 7.01. The van der Waals surface area contributed by atoms with Gasteiger partial charge in [0, 0.05) is 6.07 Å². The van der Waals surface area contributed by atoms with E-state index in [1.165, 1.54) is 0 Å². The Hall–Kier alpha value is -1.16. The zero-order valence-electron chi connectivity index (χ0n) is 11.2. The highest BCUT2D eigenvalue weighted by Gasteiger charge is 2.13. The molecule has 0 atom stereocenters. The van der Waals surface area contributed by atoms with Crippen molar-refractivity contribution in [3.05, 3.63) is 23.8 Å². The van der Waals surface area contributed by atoms with Crippen molar-refractivity contribution < 1.29 is 14.3 Å². The molecule has 1 aromatic rings. The molecular weight excluding hydrogens is 248 g/mol. The van der Waals surface area contributed by atoms with Crippen molar-refractivity contribution in [2.24, 2.45) is 0 Å². The van der Waals surface area contributed by atoms with Crippen LogP contribution in [-0.2, 0) is 0 Å². The second-order valence-corrected chi connectivity index (χ2v) is 4.86. The molecule has 3 nitrogen and oxygen atoms in total. The van der Waals surface area contributed by atoms with Crippen molar-refractivity contribution >= 4 is 17.5 Å². The Labute approximate surface area is 113 Å². The molecule has 0 aromatic heterocycles. The van der Waals surface area contributed by atoms with Gasteiger partial charge in [0.2, 0.25) is 0 Å². The molecule has 0 unspecified atom stereocenters. The fourth-order valence-corrected chi connectivity index (χ4v) is 2.08. The van der Waals surface area contributed by atoms with E-state index < -0.39 is 0 Å². The summed E-state index contributed by atoms with van der Waals surface area (Å²) >= 11 is 1.62. The van der Waals surface area contributed by atoms with Crippen LogP contribution in [0.5, 0.6) is 11.5 Å². The molecule has 18 heavy (non-hydrogen) atoms. The molecule has 0 saturated heterocycles. The molecule has 0 N–H and O–H groups in total. The lowest BCUT2D eigenvalue weighted by Gasteiger charge is -2.11. The number of ketones is 1. The van der Waals surface area contributed by atoms with Crippen LogP contribution in [0.4, 0.5) is 0 Å². The van der Waals surface area contributed by atoms with E-state index in [2.05, 4.69) is 0 Å². The van der Waals surface area contributed by atoms with Crippen LogP contribution in [0.2, 0.25) is 0 Å². The Bertz CT molecular complexity index is 391. The molecule has 0 aliphatic rings. The number of hydrogen-bond acceptors (Lipinski definition) is 4. The van der Waals surface area contributed by atoms with Crippen LogP contribution in [0, 0.1) is 0 Å². The van der Waals surface area contributed by atoms with Crippen molar-refractivity contribution in [2.75, 3.05) is 24.7 Å². The van der Waals surface area contributed by atoms with Gasteiger partial charge in [-0.05, 0) is 31.7 Å². The Balaban J connectivity index is 2.91. The molecule has 0 heterocycles. The molecule has 0 radical (unpaired) electrons. The van der Waals surface area contributed by atoms with Gasteiger partial charge in [0.15, 0.2) is 5.78 Å². The number of carbonyl (C=O) groups excluding carboxylic acids is 1. The maximum absolute atomic E-state index is 12.0. The SMILES string of the molecule is CCOc1ccc(C(=O)CSCC)c(OCC)c1.